The zero-order valence-corrected chi connectivity index (χ0v) is 22.6. The van der Waals surface area contributed by atoms with Gasteiger partial charge in [0.25, 0.3) is 0 Å². The van der Waals surface area contributed by atoms with Crippen LogP contribution in [-0.2, 0) is 33.7 Å². The maximum atomic E-state index is 13.3. The first-order valence-corrected chi connectivity index (χ1v) is 13.2. The van der Waals surface area contributed by atoms with Gasteiger partial charge in [0.05, 0.1) is 22.6 Å². The lowest BCUT2D eigenvalue weighted by molar-refractivity contribution is -0.143. The zero-order valence-electron chi connectivity index (χ0n) is 18.7. The summed E-state index contributed by atoms with van der Waals surface area (Å²) >= 11 is 15.2. The average Bonchev–Trinajstić information content (AvgIpc) is 2.79. The summed E-state index contributed by atoms with van der Waals surface area (Å²) in [4.78, 5) is 12.5. The summed E-state index contributed by atoms with van der Waals surface area (Å²) in [6.45, 7) is -1.42. The molecule has 0 bridgehead atoms. The molecule has 0 aliphatic carbocycles. The van der Waals surface area contributed by atoms with E-state index in [0.29, 0.717) is 20.9 Å². The van der Waals surface area contributed by atoms with Crippen LogP contribution in [0.15, 0.2) is 70.0 Å². The number of anilines is 1. The summed E-state index contributed by atoms with van der Waals surface area (Å²) in [5, 5.41) is 2.26. The summed E-state index contributed by atoms with van der Waals surface area (Å²) in [6.07, 6.45) is -10.3. The number of sulfonamides is 1. The van der Waals surface area contributed by atoms with Gasteiger partial charge in [0, 0.05) is 26.8 Å². The van der Waals surface area contributed by atoms with Gasteiger partial charge in [0.2, 0.25) is 15.9 Å². The molecule has 1 N–H and O–H groups in total. The summed E-state index contributed by atoms with van der Waals surface area (Å²) in [5.41, 5.74) is -3.87. The molecule has 204 valence electrons. The molecule has 3 rings (SSSR count). The summed E-state index contributed by atoms with van der Waals surface area (Å²) < 4.78 is 107. The molecule has 0 aliphatic heterocycles. The van der Waals surface area contributed by atoms with Gasteiger partial charge in [-0.25, -0.2) is 8.42 Å². The minimum atomic E-state index is -5.14. The van der Waals surface area contributed by atoms with E-state index in [1.54, 1.807) is 0 Å². The molecule has 0 aliphatic rings. The monoisotopic (exact) mass is 662 g/mol. The van der Waals surface area contributed by atoms with Crippen molar-refractivity contribution in [1.29, 1.82) is 0 Å². The quantitative estimate of drug-likeness (QED) is 0.265. The predicted molar refractivity (Wildman–Crippen MR) is 133 cm³/mol. The Labute approximate surface area is 231 Å². The normalized spacial score (nSPS) is 12.6. The number of benzene rings is 3. The van der Waals surface area contributed by atoms with Crippen LogP contribution >= 0.6 is 39.1 Å². The SMILES string of the molecule is O=C(CN(Cc1ccc(Cl)cc1Cl)S(=O)(=O)c1ccc(Br)cc1)Nc1cc(C(F)(F)F)cc(C(F)(F)F)c1. The van der Waals surface area contributed by atoms with Crippen molar-refractivity contribution >= 4 is 60.7 Å². The Morgan fingerprint density at radius 2 is 1.42 bits per heavy atom. The number of alkyl halides is 6. The molecule has 3 aromatic carbocycles. The molecular weight excluding hydrogens is 649 g/mol. The fraction of sp³-hybridized carbons (Fsp3) is 0.174. The topological polar surface area (TPSA) is 66.5 Å². The third-order valence-electron chi connectivity index (χ3n) is 5.00. The maximum absolute atomic E-state index is 13.3. The summed E-state index contributed by atoms with van der Waals surface area (Å²) in [6, 6.07) is 10.1. The predicted octanol–water partition coefficient (Wildman–Crippen LogP) is 7.62. The Balaban J connectivity index is 1.97. The smallest absolute Gasteiger partial charge is 0.325 e. The Kier molecular flexibility index (Phi) is 9.09. The highest BCUT2D eigenvalue weighted by Crippen LogP contribution is 2.37. The third-order valence-corrected chi connectivity index (χ3v) is 7.93. The standard InChI is InChI=1S/C23H15BrCl2F6N2O3S/c24-16-2-5-19(6-3-16)38(36,37)34(11-13-1-4-17(25)10-20(13)26)12-21(35)33-18-8-14(22(27,28)29)7-15(9-18)23(30,31)32/h1-10H,11-12H2,(H,33,35). The molecule has 0 atom stereocenters. The van der Waals surface area contributed by atoms with E-state index >= 15 is 0 Å². The van der Waals surface area contributed by atoms with Gasteiger partial charge in [-0.2, -0.15) is 30.6 Å². The van der Waals surface area contributed by atoms with E-state index in [9.17, 15) is 39.6 Å². The van der Waals surface area contributed by atoms with Crippen LogP contribution in [0, 0.1) is 0 Å². The second-order valence-corrected chi connectivity index (χ2v) is 11.5. The Bertz CT molecular complexity index is 1420. The number of rotatable bonds is 7. The van der Waals surface area contributed by atoms with E-state index in [4.69, 9.17) is 23.2 Å². The fourth-order valence-corrected chi connectivity index (χ4v) is 5.32. The van der Waals surface area contributed by atoms with Crippen molar-refractivity contribution in [3.8, 4) is 0 Å². The maximum Gasteiger partial charge on any atom is 0.416 e. The molecule has 1 amide bonds. The van der Waals surface area contributed by atoms with Crippen LogP contribution in [0.25, 0.3) is 0 Å². The van der Waals surface area contributed by atoms with Gasteiger partial charge in [-0.1, -0.05) is 45.2 Å². The molecule has 0 radical (unpaired) electrons. The number of nitrogens with one attached hydrogen (secondary N) is 1. The van der Waals surface area contributed by atoms with E-state index in [-0.39, 0.29) is 26.6 Å². The molecule has 0 saturated carbocycles. The van der Waals surface area contributed by atoms with E-state index in [1.165, 1.54) is 42.5 Å². The van der Waals surface area contributed by atoms with Gasteiger partial charge in [0.15, 0.2) is 0 Å². The number of hydrogen-bond donors (Lipinski definition) is 1. The Morgan fingerprint density at radius 3 is 1.92 bits per heavy atom. The van der Waals surface area contributed by atoms with Gasteiger partial charge < -0.3 is 5.32 Å². The number of amides is 1. The lowest BCUT2D eigenvalue weighted by atomic mass is 10.1. The molecular formula is C23H15BrCl2F6N2O3S. The second kappa shape index (κ2) is 11.4. The van der Waals surface area contributed by atoms with Crippen molar-refractivity contribution in [3.05, 3.63) is 91.9 Å². The van der Waals surface area contributed by atoms with Crippen molar-refractivity contribution < 1.29 is 39.6 Å². The van der Waals surface area contributed by atoms with Crippen molar-refractivity contribution in [3.63, 3.8) is 0 Å². The summed E-state index contributed by atoms with van der Waals surface area (Å²) in [5.74, 6) is -1.19. The van der Waals surface area contributed by atoms with Gasteiger partial charge in [0.1, 0.15) is 0 Å². The molecule has 5 nitrogen and oxygen atoms in total. The zero-order chi connectivity index (χ0) is 28.5. The Morgan fingerprint density at radius 1 is 0.868 bits per heavy atom. The minimum Gasteiger partial charge on any atom is -0.325 e. The fourth-order valence-electron chi connectivity index (χ4n) is 3.21. The largest absolute Gasteiger partial charge is 0.416 e. The van der Waals surface area contributed by atoms with Gasteiger partial charge >= 0.3 is 12.4 Å². The Hall–Kier alpha value is -2.32. The van der Waals surface area contributed by atoms with Crippen molar-refractivity contribution in [2.75, 3.05) is 11.9 Å². The van der Waals surface area contributed by atoms with Crippen LogP contribution in [0.3, 0.4) is 0 Å². The lowest BCUT2D eigenvalue weighted by Gasteiger charge is -2.23. The van der Waals surface area contributed by atoms with Crippen molar-refractivity contribution in [2.45, 2.75) is 23.8 Å². The molecule has 0 heterocycles. The average molecular weight is 664 g/mol. The number of nitrogens with zero attached hydrogens (tertiary/aromatic N) is 1. The number of hydrogen-bond acceptors (Lipinski definition) is 3. The van der Waals surface area contributed by atoms with Crippen molar-refractivity contribution in [2.24, 2.45) is 0 Å². The number of carbonyl (C=O) groups is 1. The van der Waals surface area contributed by atoms with Crippen LogP contribution in [0.4, 0.5) is 32.0 Å². The van der Waals surface area contributed by atoms with Crippen LogP contribution in [-0.4, -0.2) is 25.2 Å². The number of carbonyl (C=O) groups excluding carboxylic acids is 1. The highest BCUT2D eigenvalue weighted by molar-refractivity contribution is 9.10. The lowest BCUT2D eigenvalue weighted by Crippen LogP contribution is -2.37. The molecule has 15 heteroatoms. The van der Waals surface area contributed by atoms with Gasteiger partial charge in [-0.15, -0.1) is 0 Å². The van der Waals surface area contributed by atoms with Crippen LogP contribution in [0.5, 0.6) is 0 Å². The van der Waals surface area contributed by atoms with E-state index in [1.807, 2.05) is 5.32 Å². The van der Waals surface area contributed by atoms with Crippen LogP contribution < -0.4 is 5.32 Å². The van der Waals surface area contributed by atoms with Crippen LogP contribution in [0.1, 0.15) is 16.7 Å². The van der Waals surface area contributed by atoms with E-state index in [2.05, 4.69) is 15.9 Å². The van der Waals surface area contributed by atoms with Crippen molar-refractivity contribution in [1.82, 2.24) is 4.31 Å². The van der Waals surface area contributed by atoms with Crippen LogP contribution in [0.2, 0.25) is 10.0 Å². The molecule has 0 spiro atoms. The first kappa shape index (κ1) is 30.2. The first-order chi connectivity index (χ1) is 17.5. The van der Waals surface area contributed by atoms with E-state index < -0.39 is 58.2 Å². The molecule has 38 heavy (non-hydrogen) atoms. The van der Waals surface area contributed by atoms with Gasteiger partial charge in [-0.3, -0.25) is 4.79 Å². The third kappa shape index (κ3) is 7.63. The number of halogens is 9. The summed E-state index contributed by atoms with van der Waals surface area (Å²) in [7, 11) is -4.39. The molecule has 3 aromatic rings. The van der Waals surface area contributed by atoms with E-state index in [0.717, 1.165) is 0 Å². The minimum absolute atomic E-state index is 0.0709. The molecule has 0 fully saturated rings. The first-order valence-electron chi connectivity index (χ1n) is 10.3. The highest BCUT2D eigenvalue weighted by Gasteiger charge is 2.37. The van der Waals surface area contributed by atoms with Gasteiger partial charge in [-0.05, 0) is 60.2 Å². The molecule has 0 unspecified atom stereocenters. The highest BCUT2D eigenvalue weighted by atomic mass is 79.9. The second-order valence-electron chi connectivity index (χ2n) is 7.81. The molecule has 0 saturated heterocycles. The molecule has 0 aromatic heterocycles.